The molecule has 17 heavy (non-hydrogen) atoms. The summed E-state index contributed by atoms with van der Waals surface area (Å²) in [6.45, 7) is 4.27. The number of rotatable bonds is 2. The van der Waals surface area contributed by atoms with Gasteiger partial charge in [-0.25, -0.2) is 0 Å². The van der Waals surface area contributed by atoms with Crippen molar-refractivity contribution in [3.8, 4) is 0 Å². The van der Waals surface area contributed by atoms with E-state index >= 15 is 0 Å². The van der Waals surface area contributed by atoms with E-state index < -0.39 is 0 Å². The van der Waals surface area contributed by atoms with Gasteiger partial charge in [-0.15, -0.1) is 0 Å². The van der Waals surface area contributed by atoms with E-state index in [4.69, 9.17) is 0 Å². The molecule has 0 saturated carbocycles. The highest BCUT2D eigenvalue weighted by Crippen LogP contribution is 2.24. The number of pyridine rings is 1. The van der Waals surface area contributed by atoms with Gasteiger partial charge in [-0.2, -0.15) is 0 Å². The minimum atomic E-state index is 0.543. The van der Waals surface area contributed by atoms with Crippen molar-refractivity contribution in [1.82, 2.24) is 10.3 Å². The average molecular weight is 227 g/mol. The van der Waals surface area contributed by atoms with E-state index in [1.165, 1.54) is 23.1 Å². The largest absolute Gasteiger partial charge is 0.380 e. The van der Waals surface area contributed by atoms with Gasteiger partial charge in [0.2, 0.25) is 0 Å². The highest BCUT2D eigenvalue weighted by Gasteiger charge is 2.15. The van der Waals surface area contributed by atoms with Crippen LogP contribution >= 0.6 is 0 Å². The van der Waals surface area contributed by atoms with E-state index in [0.717, 1.165) is 18.6 Å². The fraction of sp³-hybridized carbons (Fsp3) is 0.357. The van der Waals surface area contributed by atoms with Crippen LogP contribution in [0.15, 0.2) is 30.5 Å². The topological polar surface area (TPSA) is 37.0 Å². The van der Waals surface area contributed by atoms with Crippen LogP contribution in [0.1, 0.15) is 12.0 Å². The molecule has 1 aliphatic heterocycles. The van der Waals surface area contributed by atoms with Gasteiger partial charge in [-0.05, 0) is 31.5 Å². The lowest BCUT2D eigenvalue weighted by Crippen LogP contribution is -2.22. The Bertz CT molecular complexity index is 530. The van der Waals surface area contributed by atoms with Gasteiger partial charge in [0.05, 0.1) is 5.52 Å². The van der Waals surface area contributed by atoms with E-state index in [-0.39, 0.29) is 0 Å². The van der Waals surface area contributed by atoms with Gasteiger partial charge >= 0.3 is 0 Å². The first-order valence-electron chi connectivity index (χ1n) is 6.16. The quantitative estimate of drug-likeness (QED) is 0.826. The van der Waals surface area contributed by atoms with Gasteiger partial charge in [0.1, 0.15) is 0 Å². The molecule has 2 aromatic rings. The summed E-state index contributed by atoms with van der Waals surface area (Å²) >= 11 is 0. The Morgan fingerprint density at radius 2 is 2.29 bits per heavy atom. The lowest BCUT2D eigenvalue weighted by atomic mass is 10.1. The maximum Gasteiger partial charge on any atom is 0.0751 e. The van der Waals surface area contributed by atoms with Crippen LogP contribution in [0.4, 0.5) is 5.69 Å². The second-order valence-corrected chi connectivity index (χ2v) is 4.66. The zero-order valence-electron chi connectivity index (χ0n) is 10.0. The molecule has 0 amide bonds. The minimum absolute atomic E-state index is 0.543. The summed E-state index contributed by atoms with van der Waals surface area (Å²) in [5, 5.41) is 8.20. The maximum absolute atomic E-state index is 4.46. The van der Waals surface area contributed by atoms with Crippen molar-refractivity contribution in [2.45, 2.75) is 19.4 Å². The Hall–Kier alpha value is -1.61. The molecule has 1 saturated heterocycles. The van der Waals surface area contributed by atoms with Gasteiger partial charge < -0.3 is 10.6 Å². The first-order valence-corrected chi connectivity index (χ1v) is 6.16. The van der Waals surface area contributed by atoms with E-state index in [1.54, 1.807) is 0 Å². The number of aryl methyl sites for hydroxylation is 1. The smallest absolute Gasteiger partial charge is 0.0751 e. The molecule has 0 radical (unpaired) electrons. The van der Waals surface area contributed by atoms with Crippen molar-refractivity contribution in [1.29, 1.82) is 0 Å². The van der Waals surface area contributed by atoms with E-state index in [0.29, 0.717) is 6.04 Å². The molecule has 0 spiro atoms. The lowest BCUT2D eigenvalue weighted by molar-refractivity contribution is 0.794. The van der Waals surface area contributed by atoms with Crippen molar-refractivity contribution in [3.05, 3.63) is 36.0 Å². The van der Waals surface area contributed by atoms with Gasteiger partial charge in [0.15, 0.2) is 0 Å². The van der Waals surface area contributed by atoms with Crippen LogP contribution in [0.2, 0.25) is 0 Å². The van der Waals surface area contributed by atoms with E-state index in [1.807, 2.05) is 6.20 Å². The molecule has 0 aliphatic carbocycles. The number of nitrogens with one attached hydrogen (secondary N) is 2. The Morgan fingerprint density at radius 1 is 1.35 bits per heavy atom. The molecule has 1 unspecified atom stereocenters. The van der Waals surface area contributed by atoms with E-state index in [2.05, 4.69) is 46.8 Å². The molecule has 3 heteroatoms. The van der Waals surface area contributed by atoms with Crippen molar-refractivity contribution < 1.29 is 0 Å². The molecule has 2 heterocycles. The number of hydrogen-bond donors (Lipinski definition) is 2. The zero-order chi connectivity index (χ0) is 11.7. The molecule has 1 aromatic carbocycles. The molecule has 88 valence electrons. The first kappa shape index (κ1) is 10.5. The van der Waals surface area contributed by atoms with Gasteiger partial charge in [0, 0.05) is 29.9 Å². The first-order chi connectivity index (χ1) is 8.34. The summed E-state index contributed by atoms with van der Waals surface area (Å²) in [4.78, 5) is 4.46. The normalized spacial score (nSPS) is 19.7. The van der Waals surface area contributed by atoms with Crippen LogP contribution in [0, 0.1) is 6.92 Å². The molecule has 1 fully saturated rings. The van der Waals surface area contributed by atoms with Crippen LogP contribution in [0.25, 0.3) is 10.9 Å². The Balaban J connectivity index is 2.01. The van der Waals surface area contributed by atoms with Crippen LogP contribution in [0.3, 0.4) is 0 Å². The predicted octanol–water partition coefficient (Wildman–Crippen LogP) is 2.32. The van der Waals surface area contributed by atoms with Gasteiger partial charge in [-0.3, -0.25) is 4.98 Å². The fourth-order valence-corrected chi connectivity index (χ4v) is 2.45. The lowest BCUT2D eigenvalue weighted by Gasteiger charge is -2.15. The number of fused-ring (bicyclic) bond motifs is 1. The van der Waals surface area contributed by atoms with Crippen molar-refractivity contribution in [3.63, 3.8) is 0 Å². The highest BCUT2D eigenvalue weighted by atomic mass is 15.0. The Morgan fingerprint density at radius 3 is 3.12 bits per heavy atom. The molecule has 1 aromatic heterocycles. The second-order valence-electron chi connectivity index (χ2n) is 4.66. The van der Waals surface area contributed by atoms with Crippen LogP contribution in [0.5, 0.6) is 0 Å². The van der Waals surface area contributed by atoms with Crippen LogP contribution in [-0.2, 0) is 0 Å². The summed E-state index contributed by atoms with van der Waals surface area (Å²) in [5.41, 5.74) is 3.53. The monoisotopic (exact) mass is 227 g/mol. The number of para-hydroxylation sites is 1. The fourth-order valence-electron chi connectivity index (χ4n) is 2.45. The van der Waals surface area contributed by atoms with Gasteiger partial charge in [0.25, 0.3) is 0 Å². The molecule has 2 N–H and O–H groups in total. The number of anilines is 1. The minimum Gasteiger partial charge on any atom is -0.380 e. The highest BCUT2D eigenvalue weighted by molar-refractivity contribution is 5.92. The molecular formula is C14H17N3. The average Bonchev–Trinajstić information content (AvgIpc) is 2.83. The van der Waals surface area contributed by atoms with Crippen molar-refractivity contribution >= 4 is 16.6 Å². The number of benzene rings is 1. The van der Waals surface area contributed by atoms with Crippen molar-refractivity contribution in [2.75, 3.05) is 18.4 Å². The molecule has 3 nitrogen and oxygen atoms in total. The molecule has 1 aliphatic rings. The summed E-state index contributed by atoms with van der Waals surface area (Å²) in [5.74, 6) is 0. The zero-order valence-corrected chi connectivity index (χ0v) is 10.0. The summed E-state index contributed by atoms with van der Waals surface area (Å²) in [7, 11) is 0. The Kier molecular flexibility index (Phi) is 2.69. The standard InChI is InChI=1S/C14H17N3/c1-10-3-2-4-12-13(6-8-16-14(10)12)17-11-5-7-15-9-11/h2-4,6,8,11,15H,5,7,9H2,1H3,(H,16,17). The summed E-state index contributed by atoms with van der Waals surface area (Å²) in [6, 6.07) is 8.95. The molecule has 1 atom stereocenters. The molecule has 3 rings (SSSR count). The van der Waals surface area contributed by atoms with Crippen LogP contribution in [-0.4, -0.2) is 24.1 Å². The number of aromatic nitrogens is 1. The third-order valence-electron chi connectivity index (χ3n) is 3.39. The number of nitrogens with zero attached hydrogens (tertiary/aromatic N) is 1. The second kappa shape index (κ2) is 4.34. The SMILES string of the molecule is Cc1cccc2c(NC3CCNC3)ccnc12. The van der Waals surface area contributed by atoms with Crippen molar-refractivity contribution in [2.24, 2.45) is 0 Å². The maximum atomic E-state index is 4.46. The third-order valence-corrected chi connectivity index (χ3v) is 3.39. The third kappa shape index (κ3) is 1.98. The predicted molar refractivity (Wildman–Crippen MR) is 71.4 cm³/mol. The molecular weight excluding hydrogens is 210 g/mol. The summed E-state index contributed by atoms with van der Waals surface area (Å²) < 4.78 is 0. The van der Waals surface area contributed by atoms with Crippen LogP contribution < -0.4 is 10.6 Å². The van der Waals surface area contributed by atoms with E-state index in [9.17, 15) is 0 Å². The Labute approximate surface area is 101 Å². The number of hydrogen-bond acceptors (Lipinski definition) is 3. The molecule has 0 bridgehead atoms. The summed E-state index contributed by atoms with van der Waals surface area (Å²) in [6.07, 6.45) is 3.08. The van der Waals surface area contributed by atoms with Gasteiger partial charge in [-0.1, -0.05) is 18.2 Å².